The van der Waals surface area contributed by atoms with Crippen LogP contribution in [0.1, 0.15) is 49.6 Å². The van der Waals surface area contributed by atoms with Gasteiger partial charge in [-0.25, -0.2) is 0 Å². The zero-order valence-corrected chi connectivity index (χ0v) is 25.4. The fourth-order valence-corrected chi connectivity index (χ4v) is 6.66. The van der Waals surface area contributed by atoms with Gasteiger partial charge in [-0.2, -0.15) is 0 Å². The summed E-state index contributed by atoms with van der Waals surface area (Å²) in [5, 5.41) is 5.99. The summed E-state index contributed by atoms with van der Waals surface area (Å²) in [5.41, 5.74) is 7.77. The maximum Gasteiger partial charge on any atom is 0.265 e. The minimum Gasteiger partial charge on any atom is -0.376 e. The lowest BCUT2D eigenvalue weighted by Gasteiger charge is -2.19. The number of benzene rings is 2. The van der Waals surface area contributed by atoms with E-state index >= 15 is 0 Å². The van der Waals surface area contributed by atoms with Gasteiger partial charge in [0.25, 0.3) is 11.5 Å². The van der Waals surface area contributed by atoms with Crippen molar-refractivity contribution >= 4 is 40.2 Å². The normalized spacial score (nSPS) is 12.4. The SMILES string of the molecule is C=CC(=O)Nc1cc(Cc2cc(-c3cccc(NC(=O)c4cc5c(s4)CCCC5)c3C)cn(C)c2=O)ccc1N(C)C. The van der Waals surface area contributed by atoms with Gasteiger partial charge < -0.3 is 20.1 Å². The molecule has 1 aliphatic rings. The summed E-state index contributed by atoms with van der Waals surface area (Å²) >= 11 is 1.60. The van der Waals surface area contributed by atoms with Crippen molar-refractivity contribution in [2.45, 2.75) is 39.0 Å². The number of carbonyl (C=O) groups is 2. The van der Waals surface area contributed by atoms with Crippen LogP contribution in [0, 0.1) is 6.92 Å². The van der Waals surface area contributed by atoms with E-state index in [2.05, 4.69) is 17.2 Å². The largest absolute Gasteiger partial charge is 0.376 e. The Bertz CT molecular complexity index is 1720. The van der Waals surface area contributed by atoms with Crippen molar-refractivity contribution < 1.29 is 9.59 Å². The van der Waals surface area contributed by atoms with E-state index in [1.807, 2.05) is 80.6 Å². The molecule has 0 aliphatic heterocycles. The van der Waals surface area contributed by atoms with Crippen molar-refractivity contribution in [1.29, 1.82) is 0 Å². The third kappa shape index (κ3) is 6.09. The molecular formula is C34H36N4O3S. The highest BCUT2D eigenvalue weighted by Gasteiger charge is 2.19. The fraction of sp³-hybridized carbons (Fsp3) is 0.265. The molecular weight excluding hydrogens is 544 g/mol. The molecule has 0 saturated heterocycles. The number of aryl methyl sites for hydroxylation is 3. The third-order valence-electron chi connectivity index (χ3n) is 7.75. The molecule has 8 heteroatoms. The summed E-state index contributed by atoms with van der Waals surface area (Å²) in [5.74, 6) is -0.384. The Hall–Kier alpha value is -4.43. The van der Waals surface area contributed by atoms with Gasteiger partial charge >= 0.3 is 0 Å². The molecule has 0 fully saturated rings. The molecule has 0 saturated carbocycles. The summed E-state index contributed by atoms with van der Waals surface area (Å²) in [7, 11) is 5.56. The van der Waals surface area contributed by atoms with Crippen molar-refractivity contribution in [2.75, 3.05) is 29.6 Å². The summed E-state index contributed by atoms with van der Waals surface area (Å²) in [6, 6.07) is 15.6. The number of hydrogen-bond donors (Lipinski definition) is 2. The number of rotatable bonds is 8. The number of carbonyl (C=O) groups excluding carboxylic acids is 2. The minimum absolute atomic E-state index is 0.0867. The number of nitrogens with zero attached hydrogens (tertiary/aromatic N) is 2. The average Bonchev–Trinajstić information content (AvgIpc) is 3.41. The predicted molar refractivity (Wildman–Crippen MR) is 173 cm³/mol. The van der Waals surface area contributed by atoms with Gasteiger partial charge in [-0.1, -0.05) is 24.8 Å². The number of pyridine rings is 1. The second-order valence-electron chi connectivity index (χ2n) is 11.0. The molecule has 4 aromatic rings. The second kappa shape index (κ2) is 12.2. The van der Waals surface area contributed by atoms with E-state index in [0.717, 1.165) is 51.3 Å². The number of aromatic nitrogens is 1. The Morgan fingerprint density at radius 2 is 1.83 bits per heavy atom. The lowest BCUT2D eigenvalue weighted by atomic mass is 9.97. The van der Waals surface area contributed by atoms with Crippen LogP contribution in [0.25, 0.3) is 11.1 Å². The van der Waals surface area contributed by atoms with Gasteiger partial charge in [-0.15, -0.1) is 11.3 Å². The predicted octanol–water partition coefficient (Wildman–Crippen LogP) is 6.33. The van der Waals surface area contributed by atoms with Crippen LogP contribution in [0.5, 0.6) is 0 Å². The molecule has 2 heterocycles. The molecule has 0 unspecified atom stereocenters. The van der Waals surface area contributed by atoms with Crippen LogP contribution in [0.15, 0.2) is 72.2 Å². The fourth-order valence-electron chi connectivity index (χ4n) is 5.51. The van der Waals surface area contributed by atoms with Gasteiger partial charge in [0.15, 0.2) is 0 Å². The first-order chi connectivity index (χ1) is 20.1. The maximum atomic E-state index is 13.2. The van der Waals surface area contributed by atoms with Crippen LogP contribution < -0.4 is 21.1 Å². The quantitative estimate of drug-likeness (QED) is 0.239. The first kappa shape index (κ1) is 29.1. The van der Waals surface area contributed by atoms with E-state index in [0.29, 0.717) is 17.7 Å². The summed E-state index contributed by atoms with van der Waals surface area (Å²) in [6.07, 6.45) is 7.93. The number of hydrogen-bond acceptors (Lipinski definition) is 5. The molecule has 0 atom stereocenters. The number of nitrogens with one attached hydrogen (secondary N) is 2. The highest BCUT2D eigenvalue weighted by molar-refractivity contribution is 7.14. The van der Waals surface area contributed by atoms with Gasteiger partial charge in [0.2, 0.25) is 5.91 Å². The highest BCUT2D eigenvalue weighted by atomic mass is 32.1. The topological polar surface area (TPSA) is 83.4 Å². The molecule has 2 aromatic carbocycles. The molecule has 2 aromatic heterocycles. The average molecular weight is 581 g/mol. The standard InChI is InChI=1S/C34H36N4O3S/c1-6-32(39)35-28-17-22(14-15-29(28)37(3)4)16-24-18-25(20-38(5)34(24)41)26-11-9-12-27(21(26)2)36-33(40)31-19-23-10-7-8-13-30(23)42-31/h6,9,11-12,14-15,17-20H,1,7-8,10,13,16H2,2-5H3,(H,35,39)(H,36,40). The van der Waals surface area contributed by atoms with Crippen LogP contribution in [-0.2, 0) is 31.1 Å². The Kier molecular flexibility index (Phi) is 8.45. The van der Waals surface area contributed by atoms with Crippen LogP contribution in [0.4, 0.5) is 17.1 Å². The molecule has 0 radical (unpaired) electrons. The van der Waals surface area contributed by atoms with Gasteiger partial charge in [-0.05, 0) is 96.8 Å². The van der Waals surface area contributed by atoms with E-state index in [9.17, 15) is 14.4 Å². The van der Waals surface area contributed by atoms with Crippen LogP contribution in [0.2, 0.25) is 0 Å². The van der Waals surface area contributed by atoms with Crippen LogP contribution >= 0.6 is 11.3 Å². The monoisotopic (exact) mass is 580 g/mol. The summed E-state index contributed by atoms with van der Waals surface area (Å²) < 4.78 is 1.60. The molecule has 1 aliphatic carbocycles. The zero-order chi connectivity index (χ0) is 30.0. The van der Waals surface area contributed by atoms with E-state index in [1.54, 1.807) is 23.0 Å². The van der Waals surface area contributed by atoms with Crippen LogP contribution in [-0.4, -0.2) is 30.5 Å². The Morgan fingerprint density at radius 3 is 2.57 bits per heavy atom. The van der Waals surface area contributed by atoms with Gasteiger partial charge in [0.05, 0.1) is 16.3 Å². The van der Waals surface area contributed by atoms with Crippen molar-refractivity contribution in [2.24, 2.45) is 7.05 Å². The van der Waals surface area contributed by atoms with Gasteiger partial charge in [0, 0.05) is 49.9 Å². The lowest BCUT2D eigenvalue weighted by Crippen LogP contribution is -2.21. The highest BCUT2D eigenvalue weighted by Crippen LogP contribution is 2.33. The number of anilines is 3. The Balaban J connectivity index is 1.44. The number of thiophene rings is 1. The molecule has 216 valence electrons. The summed E-state index contributed by atoms with van der Waals surface area (Å²) in [4.78, 5) is 42.4. The molecule has 2 N–H and O–H groups in total. The molecule has 2 amide bonds. The van der Waals surface area contributed by atoms with E-state index in [1.165, 1.54) is 29.4 Å². The molecule has 42 heavy (non-hydrogen) atoms. The third-order valence-corrected chi connectivity index (χ3v) is 8.99. The zero-order valence-electron chi connectivity index (χ0n) is 24.5. The van der Waals surface area contributed by atoms with Crippen molar-refractivity contribution in [1.82, 2.24) is 4.57 Å². The van der Waals surface area contributed by atoms with E-state index in [4.69, 9.17) is 0 Å². The number of fused-ring (bicyclic) bond motifs is 1. The smallest absolute Gasteiger partial charge is 0.265 e. The molecule has 0 bridgehead atoms. The van der Waals surface area contributed by atoms with Crippen LogP contribution in [0.3, 0.4) is 0 Å². The van der Waals surface area contributed by atoms with Crippen molar-refractivity contribution in [3.63, 3.8) is 0 Å². The van der Waals surface area contributed by atoms with Gasteiger partial charge in [-0.3, -0.25) is 14.4 Å². The van der Waals surface area contributed by atoms with Crippen molar-refractivity contribution in [3.05, 3.63) is 110 Å². The molecule has 5 rings (SSSR count). The first-order valence-corrected chi connectivity index (χ1v) is 14.9. The Morgan fingerprint density at radius 1 is 1.05 bits per heavy atom. The second-order valence-corrected chi connectivity index (χ2v) is 12.1. The minimum atomic E-state index is -0.297. The maximum absolute atomic E-state index is 13.2. The van der Waals surface area contributed by atoms with Gasteiger partial charge in [0.1, 0.15) is 0 Å². The van der Waals surface area contributed by atoms with E-state index < -0.39 is 0 Å². The molecule has 7 nitrogen and oxygen atoms in total. The lowest BCUT2D eigenvalue weighted by molar-refractivity contribution is -0.111. The summed E-state index contributed by atoms with van der Waals surface area (Å²) in [6.45, 7) is 5.54. The number of amides is 2. The first-order valence-electron chi connectivity index (χ1n) is 14.1. The Labute approximate surface area is 250 Å². The van der Waals surface area contributed by atoms with E-state index in [-0.39, 0.29) is 17.4 Å². The molecule has 0 spiro atoms. The van der Waals surface area contributed by atoms with Crippen molar-refractivity contribution in [3.8, 4) is 11.1 Å².